The van der Waals surface area contributed by atoms with Crippen molar-refractivity contribution in [3.8, 4) is 22.9 Å². The molecular formula is C18H13ClF6N4O2S. The minimum atomic E-state index is -4.84. The third-order valence-corrected chi connectivity index (χ3v) is 6.41. The molecule has 172 valence electrons. The Morgan fingerprint density at radius 1 is 0.969 bits per heavy atom. The molecule has 32 heavy (non-hydrogen) atoms. The summed E-state index contributed by atoms with van der Waals surface area (Å²) in [7, 11) is -2.84. The van der Waals surface area contributed by atoms with Crippen molar-refractivity contribution in [2.24, 2.45) is 7.05 Å². The van der Waals surface area contributed by atoms with E-state index in [1.807, 2.05) is 0 Å². The normalized spacial score (nSPS) is 12.9. The fourth-order valence-corrected chi connectivity index (χ4v) is 4.08. The highest BCUT2D eigenvalue weighted by molar-refractivity contribution is 7.91. The zero-order valence-corrected chi connectivity index (χ0v) is 17.8. The molecule has 0 bridgehead atoms. The number of pyridine rings is 2. The molecule has 14 heteroatoms. The van der Waals surface area contributed by atoms with Gasteiger partial charge >= 0.3 is 12.4 Å². The SMILES string of the molecule is CCS(=O)(=O)c1cc(C(F)(F)F)cnc1-c1ncc(-c2cc(C(F)(F)F)cc(Cl)n2)n1C. The highest BCUT2D eigenvalue weighted by Gasteiger charge is 2.35. The molecule has 0 saturated heterocycles. The molecule has 6 nitrogen and oxygen atoms in total. The van der Waals surface area contributed by atoms with Gasteiger partial charge in [0.1, 0.15) is 10.8 Å². The maximum Gasteiger partial charge on any atom is 0.417 e. The van der Waals surface area contributed by atoms with Crippen LogP contribution in [0.15, 0.2) is 35.5 Å². The molecule has 3 aromatic heterocycles. The van der Waals surface area contributed by atoms with Gasteiger partial charge < -0.3 is 4.57 Å². The van der Waals surface area contributed by atoms with E-state index in [2.05, 4.69) is 15.0 Å². The summed E-state index contributed by atoms with van der Waals surface area (Å²) in [6, 6.07) is 1.80. The van der Waals surface area contributed by atoms with Gasteiger partial charge in [0.05, 0.1) is 39.4 Å². The molecule has 0 unspecified atom stereocenters. The largest absolute Gasteiger partial charge is 0.417 e. The second-order valence-electron chi connectivity index (χ2n) is 6.56. The highest BCUT2D eigenvalue weighted by Crippen LogP contribution is 2.36. The number of hydrogen-bond donors (Lipinski definition) is 0. The predicted octanol–water partition coefficient (Wildman–Crippen LogP) is 5.03. The first-order valence-corrected chi connectivity index (χ1v) is 10.8. The first kappa shape index (κ1) is 24.0. The predicted molar refractivity (Wildman–Crippen MR) is 102 cm³/mol. The Hall–Kier alpha value is -2.67. The van der Waals surface area contributed by atoms with E-state index in [1.54, 1.807) is 0 Å². The van der Waals surface area contributed by atoms with Crippen molar-refractivity contribution in [3.63, 3.8) is 0 Å². The summed E-state index contributed by atoms with van der Waals surface area (Å²) >= 11 is 5.71. The maximum atomic E-state index is 13.1. The Morgan fingerprint density at radius 3 is 2.16 bits per heavy atom. The summed E-state index contributed by atoms with van der Waals surface area (Å²) in [4.78, 5) is 10.8. The second-order valence-corrected chi connectivity index (χ2v) is 9.19. The topological polar surface area (TPSA) is 77.7 Å². The van der Waals surface area contributed by atoms with Gasteiger partial charge in [-0.25, -0.2) is 18.4 Å². The van der Waals surface area contributed by atoms with E-state index >= 15 is 0 Å². The fourth-order valence-electron chi connectivity index (χ4n) is 2.82. The molecule has 0 N–H and O–H groups in total. The first-order valence-electron chi connectivity index (χ1n) is 8.72. The minimum absolute atomic E-state index is 0.00884. The van der Waals surface area contributed by atoms with E-state index in [0.29, 0.717) is 18.3 Å². The van der Waals surface area contributed by atoms with Gasteiger partial charge in [-0.05, 0) is 18.2 Å². The third-order valence-electron chi connectivity index (χ3n) is 4.48. The van der Waals surface area contributed by atoms with Gasteiger partial charge in [0, 0.05) is 13.2 Å². The molecule has 0 spiro atoms. The molecule has 0 saturated carbocycles. The van der Waals surface area contributed by atoms with Gasteiger partial charge in [-0.15, -0.1) is 0 Å². The molecule has 0 radical (unpaired) electrons. The molecule has 0 amide bonds. The Morgan fingerprint density at radius 2 is 1.59 bits per heavy atom. The van der Waals surface area contributed by atoms with E-state index in [4.69, 9.17) is 11.6 Å². The summed E-state index contributed by atoms with van der Waals surface area (Å²) < 4.78 is 105. The van der Waals surface area contributed by atoms with Crippen molar-refractivity contribution in [2.75, 3.05) is 5.75 Å². The molecule has 0 aromatic carbocycles. The van der Waals surface area contributed by atoms with Gasteiger partial charge in [0.25, 0.3) is 0 Å². The van der Waals surface area contributed by atoms with Crippen LogP contribution in [-0.4, -0.2) is 33.7 Å². The van der Waals surface area contributed by atoms with Crippen LogP contribution in [0, 0.1) is 0 Å². The maximum absolute atomic E-state index is 13.1. The lowest BCUT2D eigenvalue weighted by Gasteiger charge is -2.13. The summed E-state index contributed by atoms with van der Waals surface area (Å²) in [5.74, 6) is -0.693. The van der Waals surface area contributed by atoms with Crippen LogP contribution in [0.25, 0.3) is 22.9 Å². The van der Waals surface area contributed by atoms with E-state index in [-0.39, 0.29) is 22.9 Å². The van der Waals surface area contributed by atoms with Crippen LogP contribution in [0.5, 0.6) is 0 Å². The Labute approximate surface area is 182 Å². The van der Waals surface area contributed by atoms with Crippen LogP contribution < -0.4 is 0 Å². The molecule has 3 rings (SSSR count). The molecule has 0 aliphatic heterocycles. The van der Waals surface area contributed by atoms with Crippen LogP contribution in [0.4, 0.5) is 26.3 Å². The number of aromatic nitrogens is 4. The van der Waals surface area contributed by atoms with Gasteiger partial charge in [-0.1, -0.05) is 18.5 Å². The molecule has 0 aliphatic carbocycles. The minimum Gasteiger partial charge on any atom is -0.325 e. The van der Waals surface area contributed by atoms with Crippen LogP contribution in [0.2, 0.25) is 5.15 Å². The zero-order chi connectivity index (χ0) is 24.1. The summed E-state index contributed by atoms with van der Waals surface area (Å²) in [5, 5.41) is -0.445. The van der Waals surface area contributed by atoms with E-state index in [9.17, 15) is 34.8 Å². The van der Waals surface area contributed by atoms with Gasteiger partial charge in [-0.3, -0.25) is 4.98 Å². The number of sulfone groups is 1. The monoisotopic (exact) mass is 498 g/mol. The van der Waals surface area contributed by atoms with Gasteiger partial charge in [-0.2, -0.15) is 26.3 Å². The van der Waals surface area contributed by atoms with Crippen molar-refractivity contribution in [3.05, 3.63) is 46.9 Å². The van der Waals surface area contributed by atoms with Crippen LogP contribution >= 0.6 is 11.6 Å². The Kier molecular flexibility index (Phi) is 6.02. The highest BCUT2D eigenvalue weighted by atomic mass is 35.5. The Bertz CT molecular complexity index is 1290. The smallest absolute Gasteiger partial charge is 0.325 e. The standard InChI is InChI=1S/C18H13ClF6N4O2S/c1-3-32(30,31)13-5-10(18(23,24)25)7-26-15(13)16-27-8-12(29(16)2)11-4-9(17(20,21)22)6-14(19)28-11/h4-8H,3H2,1-2H3. The number of rotatable bonds is 4. The average molecular weight is 499 g/mol. The van der Waals surface area contributed by atoms with Gasteiger partial charge in [0.15, 0.2) is 15.7 Å². The van der Waals surface area contributed by atoms with Crippen molar-refractivity contribution in [1.82, 2.24) is 19.5 Å². The molecule has 0 atom stereocenters. The lowest BCUT2D eigenvalue weighted by molar-refractivity contribution is -0.138. The molecular weight excluding hydrogens is 486 g/mol. The molecule has 3 heterocycles. The molecule has 3 aromatic rings. The molecule has 0 aliphatic rings. The molecule has 0 fully saturated rings. The van der Waals surface area contributed by atoms with Gasteiger partial charge in [0.2, 0.25) is 0 Å². The van der Waals surface area contributed by atoms with Crippen LogP contribution in [0.1, 0.15) is 18.1 Å². The van der Waals surface area contributed by atoms with Crippen molar-refractivity contribution < 1.29 is 34.8 Å². The lowest BCUT2D eigenvalue weighted by atomic mass is 10.2. The quantitative estimate of drug-likeness (QED) is 0.372. The number of imidazole rings is 1. The van der Waals surface area contributed by atoms with Crippen molar-refractivity contribution in [2.45, 2.75) is 24.2 Å². The lowest BCUT2D eigenvalue weighted by Crippen LogP contribution is -2.13. The van der Waals surface area contributed by atoms with E-state index < -0.39 is 49.1 Å². The number of hydrogen-bond acceptors (Lipinski definition) is 5. The number of halogens is 7. The second kappa shape index (κ2) is 8.03. The van der Waals surface area contributed by atoms with Crippen molar-refractivity contribution >= 4 is 21.4 Å². The summed E-state index contributed by atoms with van der Waals surface area (Å²) in [5.41, 5.74) is -2.94. The Balaban J connectivity index is 2.22. The first-order chi connectivity index (χ1) is 14.6. The fraction of sp³-hybridized carbons (Fsp3) is 0.278. The van der Waals surface area contributed by atoms with E-state index in [0.717, 1.165) is 12.3 Å². The third kappa shape index (κ3) is 4.58. The average Bonchev–Trinajstić information content (AvgIpc) is 3.07. The number of alkyl halides is 6. The van der Waals surface area contributed by atoms with E-state index in [1.165, 1.54) is 18.5 Å². The number of nitrogens with zero attached hydrogens (tertiary/aromatic N) is 4. The summed E-state index contributed by atoms with van der Waals surface area (Å²) in [6.07, 6.45) is -8.00. The van der Waals surface area contributed by atoms with Crippen LogP contribution in [-0.2, 0) is 29.2 Å². The van der Waals surface area contributed by atoms with Crippen molar-refractivity contribution in [1.29, 1.82) is 0 Å². The zero-order valence-electron chi connectivity index (χ0n) is 16.3. The summed E-state index contributed by atoms with van der Waals surface area (Å²) in [6.45, 7) is 1.25. The van der Waals surface area contributed by atoms with Crippen LogP contribution in [0.3, 0.4) is 0 Å².